The summed E-state index contributed by atoms with van der Waals surface area (Å²) in [6.07, 6.45) is 1.71. The standard InChI is InChI=1S/C12H14ClN3O2S/c13-10-4-3-9(7-14)12(6-10)19(17,18)16-11-2-1-5-15-8-11/h3-4,6,11,15-16H,1-2,5,8H2/t11-/m0/s1. The van der Waals surface area contributed by atoms with Crippen molar-refractivity contribution in [1.29, 1.82) is 5.26 Å². The van der Waals surface area contributed by atoms with E-state index in [-0.39, 0.29) is 16.5 Å². The molecule has 1 atom stereocenters. The zero-order valence-corrected chi connectivity index (χ0v) is 11.8. The summed E-state index contributed by atoms with van der Waals surface area (Å²) in [5, 5.41) is 12.4. The van der Waals surface area contributed by atoms with Crippen molar-refractivity contribution in [1.82, 2.24) is 10.0 Å². The Morgan fingerprint density at radius 3 is 2.89 bits per heavy atom. The number of piperidine rings is 1. The van der Waals surface area contributed by atoms with E-state index in [2.05, 4.69) is 10.0 Å². The third-order valence-corrected chi connectivity index (χ3v) is 4.77. The van der Waals surface area contributed by atoms with Gasteiger partial charge in [0.1, 0.15) is 11.0 Å². The van der Waals surface area contributed by atoms with Crippen LogP contribution in [0.4, 0.5) is 0 Å². The number of rotatable bonds is 3. The second-order valence-corrected chi connectivity index (χ2v) is 6.54. The molecule has 1 aliphatic heterocycles. The van der Waals surface area contributed by atoms with Crippen LogP contribution in [0.25, 0.3) is 0 Å². The maximum absolute atomic E-state index is 12.3. The molecule has 0 unspecified atom stereocenters. The Morgan fingerprint density at radius 1 is 1.47 bits per heavy atom. The van der Waals surface area contributed by atoms with Crippen LogP contribution in [0.2, 0.25) is 5.02 Å². The van der Waals surface area contributed by atoms with Gasteiger partial charge in [-0.15, -0.1) is 0 Å². The molecule has 0 saturated carbocycles. The number of hydrogen-bond donors (Lipinski definition) is 2. The molecule has 1 fully saturated rings. The summed E-state index contributed by atoms with van der Waals surface area (Å²) in [5.74, 6) is 0. The van der Waals surface area contributed by atoms with E-state index in [1.54, 1.807) is 0 Å². The Labute approximate surface area is 117 Å². The highest BCUT2D eigenvalue weighted by Crippen LogP contribution is 2.21. The van der Waals surface area contributed by atoms with Gasteiger partial charge in [0.05, 0.1) is 5.56 Å². The first kappa shape index (κ1) is 14.3. The Morgan fingerprint density at radius 2 is 2.26 bits per heavy atom. The molecular formula is C12H14ClN3O2S. The van der Waals surface area contributed by atoms with Gasteiger partial charge in [0.15, 0.2) is 0 Å². The number of halogens is 1. The lowest BCUT2D eigenvalue weighted by atomic mass is 10.1. The molecule has 0 amide bonds. The van der Waals surface area contributed by atoms with Gasteiger partial charge in [-0.05, 0) is 37.6 Å². The van der Waals surface area contributed by atoms with Crippen molar-refractivity contribution in [2.24, 2.45) is 0 Å². The minimum Gasteiger partial charge on any atom is -0.315 e. The molecule has 102 valence electrons. The Hall–Kier alpha value is -1.13. The molecule has 0 radical (unpaired) electrons. The molecule has 1 heterocycles. The van der Waals surface area contributed by atoms with Crippen LogP contribution in [0.5, 0.6) is 0 Å². The first-order valence-corrected chi connectivity index (χ1v) is 7.82. The van der Waals surface area contributed by atoms with Crippen molar-refractivity contribution >= 4 is 21.6 Å². The van der Waals surface area contributed by atoms with Crippen LogP contribution < -0.4 is 10.0 Å². The number of benzene rings is 1. The number of sulfonamides is 1. The zero-order chi connectivity index (χ0) is 13.9. The molecule has 0 spiro atoms. The lowest BCUT2D eigenvalue weighted by Gasteiger charge is -2.23. The van der Waals surface area contributed by atoms with E-state index < -0.39 is 10.0 Å². The summed E-state index contributed by atoms with van der Waals surface area (Å²) < 4.78 is 27.2. The maximum atomic E-state index is 12.3. The lowest BCUT2D eigenvalue weighted by Crippen LogP contribution is -2.45. The summed E-state index contributed by atoms with van der Waals surface area (Å²) in [4.78, 5) is -0.0620. The van der Waals surface area contributed by atoms with Gasteiger partial charge in [-0.25, -0.2) is 13.1 Å². The molecule has 2 N–H and O–H groups in total. The van der Waals surface area contributed by atoms with E-state index in [0.29, 0.717) is 11.6 Å². The van der Waals surface area contributed by atoms with E-state index >= 15 is 0 Å². The molecule has 1 saturated heterocycles. The highest BCUT2D eigenvalue weighted by Gasteiger charge is 2.24. The third-order valence-electron chi connectivity index (χ3n) is 2.97. The molecule has 1 aromatic rings. The molecule has 0 aliphatic carbocycles. The van der Waals surface area contributed by atoms with Crippen LogP contribution in [-0.2, 0) is 10.0 Å². The van der Waals surface area contributed by atoms with Gasteiger partial charge in [-0.3, -0.25) is 0 Å². The molecule has 2 rings (SSSR count). The van der Waals surface area contributed by atoms with Gasteiger partial charge in [-0.2, -0.15) is 5.26 Å². The fourth-order valence-corrected chi connectivity index (χ4v) is 3.74. The van der Waals surface area contributed by atoms with E-state index in [9.17, 15) is 8.42 Å². The summed E-state index contributed by atoms with van der Waals surface area (Å²) in [5.41, 5.74) is 0.0978. The molecule has 7 heteroatoms. The maximum Gasteiger partial charge on any atom is 0.242 e. The smallest absolute Gasteiger partial charge is 0.242 e. The predicted octanol–water partition coefficient (Wildman–Crippen LogP) is 1.24. The quantitative estimate of drug-likeness (QED) is 0.880. The Bertz CT molecular complexity index is 604. The summed E-state index contributed by atoms with van der Waals surface area (Å²) in [6, 6.07) is 5.94. The van der Waals surface area contributed by atoms with Gasteiger partial charge in [-0.1, -0.05) is 11.6 Å². The van der Waals surface area contributed by atoms with E-state index in [4.69, 9.17) is 16.9 Å². The van der Waals surface area contributed by atoms with E-state index in [0.717, 1.165) is 19.4 Å². The number of nitrogens with one attached hydrogen (secondary N) is 2. The number of nitriles is 1. The van der Waals surface area contributed by atoms with Gasteiger partial charge in [0.25, 0.3) is 0 Å². The van der Waals surface area contributed by atoms with Crippen LogP contribution in [0, 0.1) is 11.3 Å². The number of nitrogens with zero attached hydrogens (tertiary/aromatic N) is 1. The van der Waals surface area contributed by atoms with Crippen LogP contribution in [-0.4, -0.2) is 27.5 Å². The second-order valence-electron chi connectivity index (χ2n) is 4.42. The molecular weight excluding hydrogens is 286 g/mol. The summed E-state index contributed by atoms with van der Waals surface area (Å²) in [7, 11) is -3.72. The molecule has 0 bridgehead atoms. The van der Waals surface area contributed by atoms with E-state index in [1.165, 1.54) is 18.2 Å². The van der Waals surface area contributed by atoms with Crippen molar-refractivity contribution < 1.29 is 8.42 Å². The fourth-order valence-electron chi connectivity index (χ4n) is 2.05. The van der Waals surface area contributed by atoms with Gasteiger partial charge >= 0.3 is 0 Å². The lowest BCUT2D eigenvalue weighted by molar-refractivity contribution is 0.428. The minimum absolute atomic E-state index is 0.0620. The van der Waals surface area contributed by atoms with Crippen LogP contribution >= 0.6 is 11.6 Å². The summed E-state index contributed by atoms with van der Waals surface area (Å²) >= 11 is 5.81. The monoisotopic (exact) mass is 299 g/mol. The molecule has 0 aromatic heterocycles. The van der Waals surface area contributed by atoms with Crippen LogP contribution in [0.15, 0.2) is 23.1 Å². The van der Waals surface area contributed by atoms with Crippen molar-refractivity contribution in [3.63, 3.8) is 0 Å². The fraction of sp³-hybridized carbons (Fsp3) is 0.417. The number of hydrogen-bond acceptors (Lipinski definition) is 4. The van der Waals surface area contributed by atoms with Gasteiger partial charge in [0, 0.05) is 17.6 Å². The third kappa shape index (κ3) is 3.45. The highest BCUT2D eigenvalue weighted by molar-refractivity contribution is 7.89. The van der Waals surface area contributed by atoms with E-state index in [1.807, 2.05) is 6.07 Å². The van der Waals surface area contributed by atoms with Crippen LogP contribution in [0.1, 0.15) is 18.4 Å². The normalized spacial score (nSPS) is 19.9. The average Bonchev–Trinajstić information content (AvgIpc) is 2.39. The first-order valence-electron chi connectivity index (χ1n) is 5.95. The minimum atomic E-state index is -3.72. The Kier molecular flexibility index (Phi) is 4.42. The molecule has 19 heavy (non-hydrogen) atoms. The zero-order valence-electron chi connectivity index (χ0n) is 10.2. The summed E-state index contributed by atoms with van der Waals surface area (Å²) in [6.45, 7) is 1.50. The molecule has 1 aliphatic rings. The van der Waals surface area contributed by atoms with Gasteiger partial charge < -0.3 is 5.32 Å². The molecule has 1 aromatic carbocycles. The van der Waals surface area contributed by atoms with Crippen LogP contribution in [0.3, 0.4) is 0 Å². The second kappa shape index (κ2) is 5.88. The predicted molar refractivity (Wildman–Crippen MR) is 72.4 cm³/mol. The largest absolute Gasteiger partial charge is 0.315 e. The SMILES string of the molecule is N#Cc1ccc(Cl)cc1S(=O)(=O)N[C@H]1CCCNC1. The van der Waals surface area contributed by atoms with Crippen molar-refractivity contribution in [2.45, 2.75) is 23.8 Å². The Balaban J connectivity index is 2.28. The average molecular weight is 300 g/mol. The van der Waals surface area contributed by atoms with Crippen molar-refractivity contribution in [3.8, 4) is 6.07 Å². The molecule has 5 nitrogen and oxygen atoms in total. The topological polar surface area (TPSA) is 82.0 Å². The van der Waals surface area contributed by atoms with Crippen molar-refractivity contribution in [3.05, 3.63) is 28.8 Å². The first-order chi connectivity index (χ1) is 9.03. The highest BCUT2D eigenvalue weighted by atomic mass is 35.5. The van der Waals surface area contributed by atoms with Gasteiger partial charge in [0.2, 0.25) is 10.0 Å². The van der Waals surface area contributed by atoms with Crippen molar-refractivity contribution in [2.75, 3.05) is 13.1 Å².